The first-order valence-corrected chi connectivity index (χ1v) is 9.44. The molecule has 27 heavy (non-hydrogen) atoms. The van der Waals surface area contributed by atoms with Crippen LogP contribution in [0.2, 0.25) is 0 Å². The van der Waals surface area contributed by atoms with Gasteiger partial charge in [-0.15, -0.1) is 0 Å². The molecule has 2 fully saturated rings. The predicted octanol–water partition coefficient (Wildman–Crippen LogP) is 1.99. The first kappa shape index (κ1) is 17.6. The van der Waals surface area contributed by atoms with Gasteiger partial charge in [-0.05, 0) is 44.7 Å². The molecule has 0 N–H and O–H groups in total. The Morgan fingerprint density at radius 2 is 1.96 bits per heavy atom. The highest BCUT2D eigenvalue weighted by Gasteiger charge is 2.38. The van der Waals surface area contributed by atoms with Crippen molar-refractivity contribution in [3.63, 3.8) is 0 Å². The number of rotatable bonds is 3. The number of likely N-dealkylation sites (tertiary alicyclic amines) is 2. The third-order valence-corrected chi connectivity index (χ3v) is 5.38. The lowest BCUT2D eigenvalue weighted by molar-refractivity contribution is -0.138. The highest BCUT2D eigenvalue weighted by Crippen LogP contribution is 2.34. The van der Waals surface area contributed by atoms with Crippen molar-refractivity contribution in [1.29, 1.82) is 0 Å². The number of piperidine rings is 1. The molecule has 0 spiro atoms. The summed E-state index contributed by atoms with van der Waals surface area (Å²) in [7, 11) is 0. The van der Waals surface area contributed by atoms with E-state index >= 15 is 0 Å². The topological polar surface area (TPSA) is 92.4 Å². The van der Waals surface area contributed by atoms with Crippen molar-refractivity contribution < 1.29 is 14.1 Å². The fourth-order valence-corrected chi connectivity index (χ4v) is 3.95. The Morgan fingerprint density at radius 1 is 1.15 bits per heavy atom. The maximum Gasteiger partial charge on any atom is 0.272 e. The molecule has 2 aromatic heterocycles. The molecule has 1 atom stereocenters. The van der Waals surface area contributed by atoms with E-state index in [0.29, 0.717) is 43.3 Å². The molecule has 2 amide bonds. The van der Waals surface area contributed by atoms with Crippen LogP contribution in [0, 0.1) is 12.8 Å². The monoisotopic (exact) mass is 369 g/mol. The molecule has 0 aromatic carbocycles. The minimum absolute atomic E-state index is 0.0672. The van der Waals surface area contributed by atoms with Gasteiger partial charge in [0.05, 0.1) is 0 Å². The van der Waals surface area contributed by atoms with Crippen LogP contribution >= 0.6 is 0 Å². The van der Waals surface area contributed by atoms with Crippen LogP contribution in [-0.2, 0) is 4.79 Å². The molecule has 8 nitrogen and oxygen atoms in total. The van der Waals surface area contributed by atoms with E-state index in [-0.39, 0.29) is 23.8 Å². The van der Waals surface area contributed by atoms with Crippen LogP contribution in [-0.4, -0.2) is 56.4 Å². The van der Waals surface area contributed by atoms with Crippen molar-refractivity contribution in [3.8, 4) is 0 Å². The van der Waals surface area contributed by atoms with Crippen LogP contribution in [0.3, 0.4) is 0 Å². The zero-order valence-electron chi connectivity index (χ0n) is 15.4. The molecule has 142 valence electrons. The van der Waals surface area contributed by atoms with Gasteiger partial charge in [0.2, 0.25) is 11.8 Å². The van der Waals surface area contributed by atoms with Crippen LogP contribution in [0.15, 0.2) is 28.9 Å². The molecule has 4 rings (SSSR count). The molecule has 4 heterocycles. The van der Waals surface area contributed by atoms with Gasteiger partial charge in [-0.25, -0.2) is 0 Å². The summed E-state index contributed by atoms with van der Waals surface area (Å²) in [5.41, 5.74) is 0.452. The Morgan fingerprint density at radius 3 is 2.63 bits per heavy atom. The average Bonchev–Trinajstić information content (AvgIpc) is 3.36. The van der Waals surface area contributed by atoms with E-state index in [1.54, 1.807) is 30.2 Å². The maximum absolute atomic E-state index is 13.1. The van der Waals surface area contributed by atoms with Gasteiger partial charge in [0.1, 0.15) is 11.7 Å². The number of carbonyl (C=O) groups is 2. The van der Waals surface area contributed by atoms with E-state index in [2.05, 4.69) is 15.1 Å². The van der Waals surface area contributed by atoms with Crippen molar-refractivity contribution in [2.75, 3.05) is 19.6 Å². The fourth-order valence-electron chi connectivity index (χ4n) is 3.95. The first-order chi connectivity index (χ1) is 13.1. The molecule has 0 unspecified atom stereocenters. The Balaban J connectivity index is 1.38. The van der Waals surface area contributed by atoms with Gasteiger partial charge in [-0.1, -0.05) is 11.2 Å². The second-order valence-electron chi connectivity index (χ2n) is 7.15. The number of hydrogen-bond donors (Lipinski definition) is 0. The molecule has 0 radical (unpaired) electrons. The standard InChI is InChI=1S/C19H23N5O3/c1-13-21-17(27-22-13)16-6-4-10-24(16)18(25)14-7-11-23(12-8-14)19(26)15-5-2-3-9-20-15/h2-3,5,9,14,16H,4,6-8,10-12H2,1H3/t16-/m0/s1. The minimum Gasteiger partial charge on any atom is -0.337 e. The van der Waals surface area contributed by atoms with Crippen LogP contribution in [0.5, 0.6) is 0 Å². The van der Waals surface area contributed by atoms with Crippen LogP contribution in [0.4, 0.5) is 0 Å². The van der Waals surface area contributed by atoms with Crippen LogP contribution < -0.4 is 0 Å². The number of carbonyl (C=O) groups excluding carboxylic acids is 2. The molecule has 2 aliphatic heterocycles. The Kier molecular flexibility index (Phi) is 4.87. The van der Waals surface area contributed by atoms with E-state index < -0.39 is 0 Å². The molecule has 8 heteroatoms. The van der Waals surface area contributed by atoms with E-state index in [9.17, 15) is 9.59 Å². The molecule has 2 aliphatic rings. The van der Waals surface area contributed by atoms with Gasteiger partial charge in [0.25, 0.3) is 5.91 Å². The normalized spacial score (nSPS) is 20.9. The number of amides is 2. The Labute approximate surface area is 157 Å². The molecule has 2 aromatic rings. The Hall–Kier alpha value is -2.77. The van der Waals surface area contributed by atoms with Gasteiger partial charge in [0, 0.05) is 31.7 Å². The van der Waals surface area contributed by atoms with Crippen molar-refractivity contribution in [2.45, 2.75) is 38.6 Å². The predicted molar refractivity (Wildman–Crippen MR) is 95.6 cm³/mol. The number of nitrogens with zero attached hydrogens (tertiary/aromatic N) is 5. The SMILES string of the molecule is Cc1noc([C@@H]2CCCN2C(=O)C2CCN(C(=O)c3ccccn3)CC2)n1. The highest BCUT2D eigenvalue weighted by atomic mass is 16.5. The summed E-state index contributed by atoms with van der Waals surface area (Å²) < 4.78 is 5.30. The quantitative estimate of drug-likeness (QED) is 0.821. The average molecular weight is 369 g/mol. The maximum atomic E-state index is 13.1. The van der Waals surface area contributed by atoms with Gasteiger partial charge in [-0.2, -0.15) is 4.98 Å². The largest absolute Gasteiger partial charge is 0.337 e. The highest BCUT2D eigenvalue weighted by molar-refractivity contribution is 5.92. The second-order valence-corrected chi connectivity index (χ2v) is 7.15. The Bertz CT molecular complexity index is 814. The van der Waals surface area contributed by atoms with E-state index in [1.165, 1.54) is 0 Å². The number of pyridine rings is 1. The summed E-state index contributed by atoms with van der Waals surface area (Å²) in [6.45, 7) is 3.65. The summed E-state index contributed by atoms with van der Waals surface area (Å²) in [6, 6.07) is 5.20. The zero-order chi connectivity index (χ0) is 18.8. The summed E-state index contributed by atoms with van der Waals surface area (Å²) in [4.78, 5) is 37.7. The lowest BCUT2D eigenvalue weighted by Crippen LogP contribution is -2.44. The van der Waals surface area contributed by atoms with Gasteiger partial charge < -0.3 is 14.3 Å². The fraction of sp³-hybridized carbons (Fsp3) is 0.526. The van der Waals surface area contributed by atoms with Crippen LogP contribution in [0.25, 0.3) is 0 Å². The van der Waals surface area contributed by atoms with Crippen molar-refractivity contribution in [1.82, 2.24) is 24.9 Å². The molecular weight excluding hydrogens is 346 g/mol. The second kappa shape index (κ2) is 7.46. The van der Waals surface area contributed by atoms with Crippen molar-refractivity contribution >= 4 is 11.8 Å². The lowest BCUT2D eigenvalue weighted by atomic mass is 9.94. The molecule has 0 bridgehead atoms. The lowest BCUT2D eigenvalue weighted by Gasteiger charge is -2.34. The zero-order valence-corrected chi connectivity index (χ0v) is 15.4. The summed E-state index contributed by atoms with van der Waals surface area (Å²) >= 11 is 0. The third-order valence-electron chi connectivity index (χ3n) is 5.38. The molecule has 2 saturated heterocycles. The van der Waals surface area contributed by atoms with E-state index in [1.807, 2.05) is 11.0 Å². The molecular formula is C19H23N5O3. The molecule has 0 saturated carbocycles. The van der Waals surface area contributed by atoms with E-state index in [0.717, 1.165) is 19.4 Å². The van der Waals surface area contributed by atoms with E-state index in [4.69, 9.17) is 4.52 Å². The summed E-state index contributed by atoms with van der Waals surface area (Å²) in [5.74, 6) is 1.12. The number of aryl methyl sites for hydroxylation is 1. The smallest absolute Gasteiger partial charge is 0.272 e. The van der Waals surface area contributed by atoms with Gasteiger partial charge >= 0.3 is 0 Å². The van der Waals surface area contributed by atoms with Gasteiger partial charge in [-0.3, -0.25) is 14.6 Å². The van der Waals surface area contributed by atoms with Crippen molar-refractivity contribution in [2.24, 2.45) is 5.92 Å². The number of hydrogen-bond acceptors (Lipinski definition) is 6. The molecule has 0 aliphatic carbocycles. The number of aromatic nitrogens is 3. The summed E-state index contributed by atoms with van der Waals surface area (Å²) in [5, 5.41) is 3.85. The third kappa shape index (κ3) is 3.56. The summed E-state index contributed by atoms with van der Waals surface area (Å²) in [6.07, 6.45) is 4.75. The first-order valence-electron chi connectivity index (χ1n) is 9.44. The van der Waals surface area contributed by atoms with Crippen LogP contribution in [0.1, 0.15) is 53.9 Å². The van der Waals surface area contributed by atoms with Crippen molar-refractivity contribution in [3.05, 3.63) is 41.8 Å². The minimum atomic E-state index is -0.119. The van der Waals surface area contributed by atoms with Gasteiger partial charge in [0.15, 0.2) is 5.82 Å².